The molecule has 0 N–H and O–H groups in total. The first kappa shape index (κ1) is 21.8. The molecule has 5 rings (SSSR count). The van der Waals surface area contributed by atoms with Gasteiger partial charge in [-0.05, 0) is 71.5 Å². The first-order chi connectivity index (χ1) is 16.5. The van der Waals surface area contributed by atoms with Crippen molar-refractivity contribution in [1.82, 2.24) is 0 Å². The largest absolute Gasteiger partial charge is 0.212 e. The minimum atomic E-state index is 1.21. The molecule has 0 radical (unpaired) electrons. The van der Waals surface area contributed by atoms with Crippen LogP contribution in [0.4, 0.5) is 0 Å². The number of rotatable bonds is 4. The van der Waals surface area contributed by atoms with E-state index in [-0.39, 0.29) is 0 Å². The normalized spacial score (nSPS) is 10.9. The maximum Gasteiger partial charge on any atom is 0.212 e. The van der Waals surface area contributed by atoms with E-state index >= 15 is 0 Å². The number of pyridine rings is 2. The lowest BCUT2D eigenvalue weighted by molar-refractivity contribution is -0.660. The third-order valence-corrected chi connectivity index (χ3v) is 6.71. The van der Waals surface area contributed by atoms with Gasteiger partial charge in [0, 0.05) is 24.3 Å². The zero-order valence-corrected chi connectivity index (χ0v) is 20.3. The van der Waals surface area contributed by atoms with Gasteiger partial charge in [0.25, 0.3) is 0 Å². The van der Waals surface area contributed by atoms with Crippen molar-refractivity contribution >= 4 is 0 Å². The molecular weight excluding hydrogens is 412 g/mol. The monoisotopic (exact) mass is 442 g/mol. The number of aromatic nitrogens is 2. The van der Waals surface area contributed by atoms with E-state index in [4.69, 9.17) is 0 Å². The van der Waals surface area contributed by atoms with Crippen LogP contribution in [0.25, 0.3) is 44.8 Å². The van der Waals surface area contributed by atoms with Crippen molar-refractivity contribution in [1.29, 1.82) is 0 Å². The fourth-order valence-electron chi connectivity index (χ4n) is 4.81. The topological polar surface area (TPSA) is 7.76 Å². The average molecular weight is 443 g/mol. The quantitative estimate of drug-likeness (QED) is 0.276. The summed E-state index contributed by atoms with van der Waals surface area (Å²) in [6, 6.07) is 34.9. The summed E-state index contributed by atoms with van der Waals surface area (Å²) in [6.45, 7) is 4.45. The van der Waals surface area contributed by atoms with Gasteiger partial charge < -0.3 is 0 Å². The van der Waals surface area contributed by atoms with E-state index < -0.39 is 0 Å². The van der Waals surface area contributed by atoms with Gasteiger partial charge in [-0.3, -0.25) is 0 Å². The minimum absolute atomic E-state index is 1.21. The molecule has 2 heteroatoms. The Morgan fingerprint density at radius 1 is 0.471 bits per heavy atom. The number of benzene rings is 3. The van der Waals surface area contributed by atoms with E-state index in [0.29, 0.717) is 0 Å². The highest BCUT2D eigenvalue weighted by Gasteiger charge is 2.21. The maximum absolute atomic E-state index is 2.35. The van der Waals surface area contributed by atoms with Gasteiger partial charge in [-0.15, -0.1) is 0 Å². The average Bonchev–Trinajstić information content (AvgIpc) is 2.86. The first-order valence-electron chi connectivity index (χ1n) is 11.7. The SMILES string of the molecule is Cc1cc(-c2ccccc2)ccc1-c1cc(-c2cccc[n+]2C)c(C)c(-c2cccc[n+]2C)c1. The van der Waals surface area contributed by atoms with Crippen molar-refractivity contribution in [3.8, 4) is 44.8 Å². The minimum Gasteiger partial charge on any atom is -0.201 e. The standard InChI is InChI=1S/C32H30N2/c1-23-20-26(25-12-6-5-7-13-25)16-17-28(23)27-21-29(31-14-8-10-18-33(31)3)24(2)30(22-27)32-15-9-11-19-34(32)4/h5-22H,1-4H3/q+2. The Morgan fingerprint density at radius 3 is 1.56 bits per heavy atom. The molecule has 2 nitrogen and oxygen atoms in total. The molecule has 0 aliphatic carbocycles. The van der Waals surface area contributed by atoms with E-state index in [1.54, 1.807) is 0 Å². The fraction of sp³-hybridized carbons (Fsp3) is 0.125. The molecule has 0 aliphatic rings. The molecule has 34 heavy (non-hydrogen) atoms. The van der Waals surface area contributed by atoms with E-state index in [1.165, 1.54) is 55.9 Å². The van der Waals surface area contributed by atoms with E-state index in [0.717, 1.165) is 0 Å². The molecule has 0 fully saturated rings. The Hall–Kier alpha value is -4.04. The summed E-state index contributed by atoms with van der Waals surface area (Å²) >= 11 is 0. The van der Waals surface area contributed by atoms with Crippen LogP contribution < -0.4 is 9.13 Å². The van der Waals surface area contributed by atoms with Crippen molar-refractivity contribution in [3.63, 3.8) is 0 Å². The second-order valence-corrected chi connectivity index (χ2v) is 8.99. The molecule has 5 aromatic rings. The van der Waals surface area contributed by atoms with Crippen molar-refractivity contribution in [3.05, 3.63) is 121 Å². The smallest absolute Gasteiger partial charge is 0.201 e. The molecule has 166 valence electrons. The summed E-state index contributed by atoms with van der Waals surface area (Å²) in [5, 5.41) is 0. The molecule has 2 heterocycles. The molecule has 0 atom stereocenters. The molecule has 2 aromatic heterocycles. The lowest BCUT2D eigenvalue weighted by Gasteiger charge is -2.15. The van der Waals surface area contributed by atoms with Crippen LogP contribution in [0.3, 0.4) is 0 Å². The van der Waals surface area contributed by atoms with E-state index in [9.17, 15) is 0 Å². The summed E-state index contributed by atoms with van der Waals surface area (Å²) in [7, 11) is 4.23. The van der Waals surface area contributed by atoms with Crippen molar-refractivity contribution in [2.24, 2.45) is 14.1 Å². The molecular formula is C32H30N2+2. The molecule has 3 aromatic carbocycles. The van der Waals surface area contributed by atoms with Crippen LogP contribution in [0.5, 0.6) is 0 Å². The summed E-state index contributed by atoms with van der Waals surface area (Å²) < 4.78 is 4.40. The van der Waals surface area contributed by atoms with Gasteiger partial charge in [0.2, 0.25) is 11.4 Å². The van der Waals surface area contributed by atoms with Crippen LogP contribution in [0.15, 0.2) is 109 Å². The molecule has 0 amide bonds. The third kappa shape index (κ3) is 4.04. The maximum atomic E-state index is 2.35. The van der Waals surface area contributed by atoms with Gasteiger partial charge in [0.1, 0.15) is 14.1 Å². The molecule has 0 saturated carbocycles. The Balaban J connectivity index is 1.73. The van der Waals surface area contributed by atoms with Crippen molar-refractivity contribution in [2.45, 2.75) is 13.8 Å². The second-order valence-electron chi connectivity index (χ2n) is 8.99. The van der Waals surface area contributed by atoms with Crippen LogP contribution >= 0.6 is 0 Å². The van der Waals surface area contributed by atoms with Crippen LogP contribution in [0, 0.1) is 13.8 Å². The number of hydrogen-bond donors (Lipinski definition) is 0. The highest BCUT2D eigenvalue weighted by molar-refractivity contribution is 5.83. The van der Waals surface area contributed by atoms with E-state index in [2.05, 4.69) is 147 Å². The molecule has 0 bridgehead atoms. The fourth-order valence-corrected chi connectivity index (χ4v) is 4.81. The van der Waals surface area contributed by atoms with Gasteiger partial charge in [-0.2, -0.15) is 0 Å². The third-order valence-electron chi connectivity index (χ3n) is 6.71. The zero-order chi connectivity index (χ0) is 23.7. The van der Waals surface area contributed by atoms with Crippen LogP contribution in [-0.4, -0.2) is 0 Å². The number of aryl methyl sites for hydroxylation is 3. The number of nitrogens with zero attached hydrogens (tertiary/aromatic N) is 2. The summed E-state index contributed by atoms with van der Waals surface area (Å²) in [5.74, 6) is 0. The predicted octanol–water partition coefficient (Wildman–Crippen LogP) is 6.62. The highest BCUT2D eigenvalue weighted by atomic mass is 14.9. The zero-order valence-electron chi connectivity index (χ0n) is 20.3. The van der Waals surface area contributed by atoms with Crippen molar-refractivity contribution in [2.75, 3.05) is 0 Å². The van der Waals surface area contributed by atoms with E-state index in [1.807, 2.05) is 0 Å². The van der Waals surface area contributed by atoms with Gasteiger partial charge in [0.15, 0.2) is 12.4 Å². The van der Waals surface area contributed by atoms with Gasteiger partial charge in [-0.25, -0.2) is 9.13 Å². The van der Waals surface area contributed by atoms with Gasteiger partial charge in [-0.1, -0.05) is 48.5 Å². The first-order valence-corrected chi connectivity index (χ1v) is 11.7. The lowest BCUT2D eigenvalue weighted by atomic mass is 9.89. The van der Waals surface area contributed by atoms with Crippen molar-refractivity contribution < 1.29 is 9.13 Å². The highest BCUT2D eigenvalue weighted by Crippen LogP contribution is 2.37. The summed E-state index contributed by atoms with van der Waals surface area (Å²) in [5.41, 5.74) is 12.5. The second kappa shape index (κ2) is 9.07. The van der Waals surface area contributed by atoms with Crippen LogP contribution in [-0.2, 0) is 14.1 Å². The lowest BCUT2D eigenvalue weighted by Crippen LogP contribution is -2.31. The molecule has 0 unspecified atom stereocenters. The Kier molecular flexibility index (Phi) is 5.81. The van der Waals surface area contributed by atoms with Crippen LogP contribution in [0.2, 0.25) is 0 Å². The Bertz CT molecular complexity index is 1420. The van der Waals surface area contributed by atoms with Gasteiger partial charge >= 0.3 is 0 Å². The molecule has 0 aliphatic heterocycles. The van der Waals surface area contributed by atoms with Gasteiger partial charge in [0.05, 0.1) is 11.1 Å². The van der Waals surface area contributed by atoms with Crippen LogP contribution in [0.1, 0.15) is 11.1 Å². The molecule has 0 spiro atoms. The number of hydrogen-bond acceptors (Lipinski definition) is 0. The summed E-state index contributed by atoms with van der Waals surface area (Å²) in [4.78, 5) is 0. The Labute approximate surface area is 202 Å². The molecule has 0 saturated heterocycles. The predicted molar refractivity (Wildman–Crippen MR) is 140 cm³/mol. The Morgan fingerprint density at radius 2 is 1.03 bits per heavy atom. The summed E-state index contributed by atoms with van der Waals surface area (Å²) in [6.07, 6.45) is 4.23.